The zero-order chi connectivity index (χ0) is 26.6. The third-order valence-corrected chi connectivity index (χ3v) is 7.90. The highest BCUT2D eigenvalue weighted by Crippen LogP contribution is 2.26. The average molecular weight is 529 g/mol. The van der Waals surface area contributed by atoms with Gasteiger partial charge in [0.15, 0.2) is 0 Å². The molecule has 38 heavy (non-hydrogen) atoms. The van der Waals surface area contributed by atoms with Crippen molar-refractivity contribution < 1.29 is 4.79 Å². The lowest BCUT2D eigenvalue weighted by Gasteiger charge is -2.41. The van der Waals surface area contributed by atoms with Gasteiger partial charge in [-0.05, 0) is 55.3 Å². The van der Waals surface area contributed by atoms with Gasteiger partial charge in [-0.15, -0.1) is 0 Å². The first kappa shape index (κ1) is 26.0. The van der Waals surface area contributed by atoms with Gasteiger partial charge in [0.05, 0.1) is 16.3 Å². The van der Waals surface area contributed by atoms with E-state index in [4.69, 9.17) is 11.6 Å². The number of nitrogens with zero attached hydrogens (tertiary/aromatic N) is 6. The molecule has 3 heterocycles. The molecule has 2 saturated heterocycles. The van der Waals surface area contributed by atoms with Crippen LogP contribution in [0.3, 0.4) is 0 Å². The number of benzene rings is 2. The number of piperazine rings is 2. The first-order valence-corrected chi connectivity index (χ1v) is 13.5. The lowest BCUT2D eigenvalue weighted by atomic mass is 10.0. The number of anilines is 2. The third kappa shape index (κ3) is 5.47. The highest BCUT2D eigenvalue weighted by Gasteiger charge is 2.30. The van der Waals surface area contributed by atoms with Gasteiger partial charge in [-0.3, -0.25) is 9.69 Å². The van der Waals surface area contributed by atoms with Crippen LogP contribution in [0.4, 0.5) is 11.5 Å². The summed E-state index contributed by atoms with van der Waals surface area (Å²) in [4.78, 5) is 27.0. The van der Waals surface area contributed by atoms with E-state index in [2.05, 4.69) is 50.9 Å². The van der Waals surface area contributed by atoms with Gasteiger partial charge in [0.1, 0.15) is 11.9 Å². The summed E-state index contributed by atoms with van der Waals surface area (Å²) in [5, 5.41) is 10.2. The predicted octanol–water partition coefficient (Wildman–Crippen LogP) is 4.59. The number of pyridine rings is 1. The summed E-state index contributed by atoms with van der Waals surface area (Å²) < 4.78 is 0. The van der Waals surface area contributed by atoms with Gasteiger partial charge >= 0.3 is 0 Å². The van der Waals surface area contributed by atoms with E-state index in [-0.39, 0.29) is 11.9 Å². The maximum Gasteiger partial charge on any atom is 0.254 e. The zero-order valence-corrected chi connectivity index (χ0v) is 22.7. The maximum atomic E-state index is 13.7. The fraction of sp³-hybridized carbons (Fsp3) is 0.367. The Labute approximate surface area is 229 Å². The van der Waals surface area contributed by atoms with Crippen LogP contribution in [0.1, 0.15) is 34.0 Å². The molecule has 1 amide bonds. The standard InChI is InChI=1S/C30H33ClN6O/c1-22-9-10-24(21-34-12-14-35(15-13-34)29-27(31)7-5-11-33-29)18-26(22)30(38)37-17-16-36(20-23(37)2)28-8-4-3-6-25(28)19-32/h3-11,18,23H,12-17,20-21H2,1-2H3. The van der Waals surface area contributed by atoms with Gasteiger partial charge in [-0.1, -0.05) is 35.9 Å². The van der Waals surface area contributed by atoms with Gasteiger partial charge in [0.2, 0.25) is 0 Å². The van der Waals surface area contributed by atoms with Gasteiger partial charge in [0.25, 0.3) is 5.91 Å². The Bertz CT molecular complexity index is 1350. The molecule has 2 fully saturated rings. The van der Waals surface area contributed by atoms with E-state index in [0.29, 0.717) is 30.2 Å². The van der Waals surface area contributed by atoms with E-state index in [9.17, 15) is 10.1 Å². The molecule has 0 aliphatic carbocycles. The van der Waals surface area contributed by atoms with Crippen LogP contribution in [-0.4, -0.2) is 72.5 Å². The summed E-state index contributed by atoms with van der Waals surface area (Å²) in [6, 6.07) is 20.0. The molecule has 196 valence electrons. The number of aryl methyl sites for hydroxylation is 1. The quantitative estimate of drug-likeness (QED) is 0.482. The summed E-state index contributed by atoms with van der Waals surface area (Å²) in [5.41, 5.74) is 4.54. The average Bonchev–Trinajstić information content (AvgIpc) is 2.94. The number of amides is 1. The Morgan fingerprint density at radius 2 is 1.79 bits per heavy atom. The molecule has 1 unspecified atom stereocenters. The fourth-order valence-electron chi connectivity index (χ4n) is 5.46. The van der Waals surface area contributed by atoms with Crippen LogP contribution in [-0.2, 0) is 6.54 Å². The Morgan fingerprint density at radius 3 is 2.53 bits per heavy atom. The lowest BCUT2D eigenvalue weighted by molar-refractivity contribution is 0.0673. The van der Waals surface area contributed by atoms with Crippen molar-refractivity contribution >= 4 is 29.0 Å². The highest BCUT2D eigenvalue weighted by atomic mass is 35.5. The summed E-state index contributed by atoms with van der Waals surface area (Å²) in [7, 11) is 0. The molecule has 2 aromatic carbocycles. The number of halogens is 1. The fourth-order valence-corrected chi connectivity index (χ4v) is 5.70. The van der Waals surface area contributed by atoms with E-state index < -0.39 is 0 Å². The minimum Gasteiger partial charge on any atom is -0.367 e. The van der Waals surface area contributed by atoms with Gasteiger partial charge < -0.3 is 14.7 Å². The number of nitriles is 1. The topological polar surface area (TPSA) is 66.7 Å². The molecular formula is C30H33ClN6O. The highest BCUT2D eigenvalue weighted by molar-refractivity contribution is 6.32. The monoisotopic (exact) mass is 528 g/mol. The van der Waals surface area contributed by atoms with Gasteiger partial charge in [0, 0.05) is 70.2 Å². The first-order valence-electron chi connectivity index (χ1n) is 13.2. The van der Waals surface area contributed by atoms with E-state index in [1.807, 2.05) is 48.2 Å². The summed E-state index contributed by atoms with van der Waals surface area (Å²) in [6.07, 6.45) is 1.78. The van der Waals surface area contributed by atoms with Crippen molar-refractivity contribution in [3.63, 3.8) is 0 Å². The van der Waals surface area contributed by atoms with E-state index >= 15 is 0 Å². The first-order chi connectivity index (χ1) is 18.4. The molecule has 0 saturated carbocycles. The van der Waals surface area contributed by atoms with Crippen LogP contribution in [0.2, 0.25) is 5.02 Å². The molecule has 0 bridgehead atoms. The number of para-hydroxylation sites is 1. The second-order valence-corrected chi connectivity index (χ2v) is 10.6. The molecule has 2 aliphatic rings. The van der Waals surface area contributed by atoms with Crippen LogP contribution in [0, 0.1) is 18.3 Å². The Balaban J connectivity index is 1.22. The number of hydrogen-bond acceptors (Lipinski definition) is 6. The normalized spacial score (nSPS) is 18.4. The molecule has 0 radical (unpaired) electrons. The van der Waals surface area contributed by atoms with Crippen molar-refractivity contribution in [1.29, 1.82) is 5.26 Å². The zero-order valence-electron chi connectivity index (χ0n) is 22.0. The number of aromatic nitrogens is 1. The Morgan fingerprint density at radius 1 is 1.03 bits per heavy atom. The van der Waals surface area contributed by atoms with Crippen LogP contribution in [0.5, 0.6) is 0 Å². The molecule has 7 nitrogen and oxygen atoms in total. The van der Waals surface area contributed by atoms with Crippen LogP contribution in [0.15, 0.2) is 60.8 Å². The smallest absolute Gasteiger partial charge is 0.254 e. The van der Waals surface area contributed by atoms with Crippen LogP contribution in [0.25, 0.3) is 0 Å². The van der Waals surface area contributed by atoms with Crippen molar-refractivity contribution in [2.45, 2.75) is 26.4 Å². The molecule has 3 aromatic rings. The number of rotatable bonds is 5. The lowest BCUT2D eigenvalue weighted by Crippen LogP contribution is -2.54. The molecule has 1 atom stereocenters. The Hall–Kier alpha value is -3.60. The SMILES string of the molecule is Cc1ccc(CN2CCN(c3ncccc3Cl)CC2)cc1C(=O)N1CCN(c2ccccc2C#N)CC1C. The van der Waals surface area contributed by atoms with Crippen molar-refractivity contribution in [3.8, 4) is 6.07 Å². The van der Waals surface area contributed by atoms with Crippen molar-refractivity contribution in [3.05, 3.63) is 88.1 Å². The Kier molecular flexibility index (Phi) is 7.82. The molecular weight excluding hydrogens is 496 g/mol. The predicted molar refractivity (Wildman–Crippen MR) is 152 cm³/mol. The van der Waals surface area contributed by atoms with Crippen LogP contribution < -0.4 is 9.80 Å². The molecule has 1 aromatic heterocycles. The van der Waals surface area contributed by atoms with E-state index in [1.54, 1.807) is 6.20 Å². The molecule has 8 heteroatoms. The van der Waals surface area contributed by atoms with Crippen molar-refractivity contribution in [2.75, 3.05) is 55.6 Å². The van der Waals surface area contributed by atoms with E-state index in [0.717, 1.165) is 60.9 Å². The molecule has 5 rings (SSSR count). The summed E-state index contributed by atoms with van der Waals surface area (Å²) in [5.74, 6) is 0.932. The second kappa shape index (κ2) is 11.4. The molecule has 0 spiro atoms. The van der Waals surface area contributed by atoms with E-state index in [1.165, 1.54) is 0 Å². The number of hydrogen-bond donors (Lipinski definition) is 0. The number of carbonyl (C=O) groups excluding carboxylic acids is 1. The summed E-state index contributed by atoms with van der Waals surface area (Å²) in [6.45, 7) is 10.5. The minimum absolute atomic E-state index is 0.0394. The second-order valence-electron chi connectivity index (χ2n) is 10.1. The largest absolute Gasteiger partial charge is 0.367 e. The van der Waals surface area contributed by atoms with Gasteiger partial charge in [-0.25, -0.2) is 4.98 Å². The summed E-state index contributed by atoms with van der Waals surface area (Å²) >= 11 is 6.34. The molecule has 0 N–H and O–H groups in total. The van der Waals surface area contributed by atoms with Crippen molar-refractivity contribution in [2.24, 2.45) is 0 Å². The van der Waals surface area contributed by atoms with Crippen molar-refractivity contribution in [1.82, 2.24) is 14.8 Å². The minimum atomic E-state index is 0.0394. The number of carbonyl (C=O) groups is 1. The van der Waals surface area contributed by atoms with Gasteiger partial charge in [-0.2, -0.15) is 5.26 Å². The molecule has 2 aliphatic heterocycles. The maximum absolute atomic E-state index is 13.7. The third-order valence-electron chi connectivity index (χ3n) is 7.60. The van der Waals surface area contributed by atoms with Crippen LogP contribution >= 0.6 is 11.6 Å².